The number of nitrogens with two attached hydrogens (primary N) is 1. The number of hydrogen-bond donors (Lipinski definition) is 2. The molecule has 0 aliphatic heterocycles. The Morgan fingerprint density at radius 2 is 2.00 bits per heavy atom. The molecule has 4 heteroatoms. The Morgan fingerprint density at radius 3 is 2.44 bits per heavy atom. The molecule has 100 valence electrons. The van der Waals surface area contributed by atoms with Crippen LogP contribution in [0, 0.1) is 0 Å². The summed E-state index contributed by atoms with van der Waals surface area (Å²) in [6.07, 6.45) is 2.46. The molecule has 3 N–H and O–H groups in total. The summed E-state index contributed by atoms with van der Waals surface area (Å²) in [5.74, 6) is 1.18. The van der Waals surface area contributed by atoms with Crippen LogP contribution in [0.2, 0.25) is 0 Å². The van der Waals surface area contributed by atoms with Crippen LogP contribution >= 0.6 is 11.8 Å². The maximum atomic E-state index is 4.61. The van der Waals surface area contributed by atoms with Gasteiger partial charge >= 0.3 is 0 Å². The van der Waals surface area contributed by atoms with Gasteiger partial charge < -0.3 is 11.2 Å². The molecule has 0 aromatic heterocycles. The van der Waals surface area contributed by atoms with Crippen molar-refractivity contribution in [1.82, 2.24) is 5.43 Å². The molecule has 0 saturated carbocycles. The van der Waals surface area contributed by atoms with Crippen molar-refractivity contribution in [1.29, 1.82) is 0 Å². The summed E-state index contributed by atoms with van der Waals surface area (Å²) >= 11 is 1.90. The molecule has 1 rings (SSSR count). The summed E-state index contributed by atoms with van der Waals surface area (Å²) in [4.78, 5) is 1.33. The van der Waals surface area contributed by atoms with Crippen LogP contribution in [0.5, 0.6) is 0 Å². The third-order valence-electron chi connectivity index (χ3n) is 2.02. The van der Waals surface area contributed by atoms with Gasteiger partial charge in [-0.25, -0.2) is 0 Å². The zero-order chi connectivity index (χ0) is 13.8. The highest BCUT2D eigenvalue weighted by Gasteiger charge is 1.97. The average Bonchev–Trinajstić information content (AvgIpc) is 2.38. The third-order valence-corrected chi connectivity index (χ3v) is 3.24. The van der Waals surface area contributed by atoms with E-state index in [2.05, 4.69) is 54.0 Å². The normalized spacial score (nSPS) is 10.3. The maximum absolute atomic E-state index is 4.61. The fraction of sp³-hybridized carbons (Fsp3) is 0.357. The highest BCUT2D eigenvalue weighted by Crippen LogP contribution is 2.19. The summed E-state index contributed by atoms with van der Waals surface area (Å²) in [6.45, 7) is 7.34. The van der Waals surface area contributed by atoms with Crippen molar-refractivity contribution >= 4 is 17.5 Å². The first-order valence-corrected chi connectivity index (χ1v) is 6.95. The van der Waals surface area contributed by atoms with Crippen molar-refractivity contribution in [3.05, 3.63) is 42.6 Å². The van der Waals surface area contributed by atoms with E-state index in [0.717, 1.165) is 5.71 Å². The summed E-state index contributed by atoms with van der Waals surface area (Å²) in [6, 6.07) is 8.55. The van der Waals surface area contributed by atoms with Gasteiger partial charge in [0.05, 0.1) is 5.71 Å². The van der Waals surface area contributed by atoms with Gasteiger partial charge in [-0.2, -0.15) is 5.10 Å². The Bertz CT molecular complexity index is 358. The lowest BCUT2D eigenvalue weighted by Crippen LogP contribution is -2.02. The van der Waals surface area contributed by atoms with Crippen molar-refractivity contribution in [2.75, 3.05) is 12.8 Å². The second kappa shape index (κ2) is 10.7. The van der Waals surface area contributed by atoms with Gasteiger partial charge in [-0.15, -0.1) is 11.8 Å². The van der Waals surface area contributed by atoms with Crippen molar-refractivity contribution in [3.8, 4) is 0 Å². The number of rotatable bonds is 5. The van der Waals surface area contributed by atoms with Crippen LogP contribution in [0.4, 0.5) is 0 Å². The summed E-state index contributed by atoms with van der Waals surface area (Å²) < 4.78 is 0. The maximum Gasteiger partial charge on any atom is 0.0644 e. The molecule has 18 heavy (non-hydrogen) atoms. The van der Waals surface area contributed by atoms with E-state index >= 15 is 0 Å². The Morgan fingerprint density at radius 1 is 1.44 bits per heavy atom. The van der Waals surface area contributed by atoms with E-state index in [-0.39, 0.29) is 0 Å². The molecule has 0 fully saturated rings. The van der Waals surface area contributed by atoms with Gasteiger partial charge in [-0.3, -0.25) is 0 Å². The fourth-order valence-corrected chi connectivity index (χ4v) is 2.01. The number of hydrogen-bond acceptors (Lipinski definition) is 4. The van der Waals surface area contributed by atoms with Gasteiger partial charge in [0.15, 0.2) is 0 Å². The van der Waals surface area contributed by atoms with Crippen LogP contribution in [0.1, 0.15) is 25.8 Å². The first-order chi connectivity index (χ1) is 8.69. The van der Waals surface area contributed by atoms with E-state index in [1.54, 1.807) is 0 Å². The fourth-order valence-electron chi connectivity index (χ4n) is 1.24. The predicted octanol–water partition coefficient (Wildman–Crippen LogP) is 3.22. The lowest BCUT2D eigenvalue weighted by atomic mass is 10.1. The van der Waals surface area contributed by atoms with Crippen LogP contribution in [0.3, 0.4) is 0 Å². The number of benzene rings is 1. The van der Waals surface area contributed by atoms with Gasteiger partial charge in [-0.1, -0.05) is 25.6 Å². The molecule has 0 heterocycles. The molecule has 3 nitrogen and oxygen atoms in total. The first kappa shape index (κ1) is 16.6. The van der Waals surface area contributed by atoms with Gasteiger partial charge in [0.2, 0.25) is 0 Å². The van der Waals surface area contributed by atoms with E-state index in [9.17, 15) is 0 Å². The molecule has 0 spiro atoms. The van der Waals surface area contributed by atoms with E-state index in [1.807, 2.05) is 25.7 Å². The summed E-state index contributed by atoms with van der Waals surface area (Å²) in [5, 5.41) is 4.15. The van der Waals surface area contributed by atoms with Crippen LogP contribution in [-0.2, 0) is 0 Å². The Labute approximate surface area is 115 Å². The van der Waals surface area contributed by atoms with Gasteiger partial charge in [-0.05, 0) is 43.0 Å². The van der Waals surface area contributed by atoms with Crippen molar-refractivity contribution in [2.45, 2.75) is 25.2 Å². The molecule has 0 amide bonds. The van der Waals surface area contributed by atoms with Crippen LogP contribution < -0.4 is 11.2 Å². The number of nitrogens with zero attached hydrogens (tertiary/aromatic N) is 1. The van der Waals surface area contributed by atoms with E-state index in [1.165, 1.54) is 28.8 Å². The Kier molecular flexibility index (Phi) is 9.87. The highest BCUT2D eigenvalue weighted by molar-refractivity contribution is 7.99. The average molecular weight is 265 g/mol. The minimum absolute atomic E-state index is 1.02. The van der Waals surface area contributed by atoms with Gasteiger partial charge in [0, 0.05) is 11.9 Å². The zero-order valence-electron chi connectivity index (χ0n) is 11.4. The minimum Gasteiger partial charge on any atom is -0.405 e. The molecule has 0 atom stereocenters. The largest absolute Gasteiger partial charge is 0.405 e. The smallest absolute Gasteiger partial charge is 0.0644 e. The predicted molar refractivity (Wildman–Crippen MR) is 83.1 cm³/mol. The standard InChI is InChI=1S/C12H18N2S.C2H5N/c1-4-9-15-12-7-5-11(6-8-12)10(2)14-13-3;1-2-3/h5-8,13H,4,9H2,1-3H3;2H,1,3H2/b14-10+;. The Balaban J connectivity index is 0.000000873. The third kappa shape index (κ3) is 7.01. The first-order valence-electron chi connectivity index (χ1n) is 5.96. The lowest BCUT2D eigenvalue weighted by molar-refractivity contribution is 0.899. The quantitative estimate of drug-likeness (QED) is 0.488. The van der Waals surface area contributed by atoms with Crippen LogP contribution in [-0.4, -0.2) is 18.5 Å². The molecule has 0 radical (unpaired) electrons. The van der Waals surface area contributed by atoms with Crippen LogP contribution in [0.25, 0.3) is 0 Å². The number of thioether (sulfide) groups is 1. The molecule has 0 aliphatic carbocycles. The molecular weight excluding hydrogens is 242 g/mol. The summed E-state index contributed by atoms with van der Waals surface area (Å²) in [5.41, 5.74) is 9.60. The monoisotopic (exact) mass is 265 g/mol. The summed E-state index contributed by atoms with van der Waals surface area (Å²) in [7, 11) is 1.81. The molecule has 0 unspecified atom stereocenters. The molecule has 0 bridgehead atoms. The number of nitrogens with one attached hydrogen (secondary N) is 1. The zero-order valence-corrected chi connectivity index (χ0v) is 12.3. The molecule has 0 saturated heterocycles. The van der Waals surface area contributed by atoms with E-state index in [0.29, 0.717) is 0 Å². The van der Waals surface area contributed by atoms with Crippen molar-refractivity contribution < 1.29 is 0 Å². The van der Waals surface area contributed by atoms with Crippen molar-refractivity contribution in [3.63, 3.8) is 0 Å². The topological polar surface area (TPSA) is 50.4 Å². The lowest BCUT2D eigenvalue weighted by Gasteiger charge is -2.03. The minimum atomic E-state index is 1.02. The van der Waals surface area contributed by atoms with Crippen LogP contribution in [0.15, 0.2) is 47.0 Å². The van der Waals surface area contributed by atoms with E-state index in [4.69, 9.17) is 0 Å². The molecule has 1 aromatic carbocycles. The molecular formula is C14H23N3S. The SMILES string of the molecule is C=CN.CCCSc1ccc(/C(C)=N/NC)cc1. The molecule has 1 aromatic rings. The van der Waals surface area contributed by atoms with Gasteiger partial charge in [0.25, 0.3) is 0 Å². The van der Waals surface area contributed by atoms with Gasteiger partial charge in [0.1, 0.15) is 0 Å². The van der Waals surface area contributed by atoms with Crippen molar-refractivity contribution in [2.24, 2.45) is 10.8 Å². The molecule has 0 aliphatic rings. The highest BCUT2D eigenvalue weighted by atomic mass is 32.2. The Hall–Kier alpha value is -1.42. The second-order valence-corrected chi connectivity index (χ2v) is 4.70. The van der Waals surface area contributed by atoms with E-state index < -0.39 is 0 Å². The second-order valence-electron chi connectivity index (χ2n) is 3.53. The number of hydrazone groups is 1.